The highest BCUT2D eigenvalue weighted by Gasteiger charge is 2.16. The van der Waals surface area contributed by atoms with Gasteiger partial charge in [0.1, 0.15) is 10.8 Å². The minimum atomic E-state index is -0.454. The standard InChI is InChI=1S/C19H21BrN4O2S/c1-2-3-4-5-6-7-16-23-24-17(21)14(18(26)22-19(24)27-16)11-12-10-13(20)8-9-15(12)25/h8-11H,2-7,21H2,1H3/b12-11+. The number of aryl methyl sites for hydroxylation is 1. The number of rotatable bonds is 7. The number of nitrogen functional groups attached to an aromatic ring is 1. The van der Waals surface area contributed by atoms with E-state index in [9.17, 15) is 9.59 Å². The first-order valence-electron chi connectivity index (χ1n) is 8.99. The van der Waals surface area contributed by atoms with Crippen LogP contribution >= 0.6 is 27.3 Å². The van der Waals surface area contributed by atoms with Gasteiger partial charge in [0, 0.05) is 16.5 Å². The van der Waals surface area contributed by atoms with Crippen molar-refractivity contribution in [1.29, 1.82) is 0 Å². The number of carbonyl (C=O) groups excluding carboxylic acids is 1. The van der Waals surface area contributed by atoms with Crippen molar-refractivity contribution in [2.45, 2.75) is 45.4 Å². The molecule has 6 nitrogen and oxygen atoms in total. The number of aromatic nitrogens is 3. The Balaban J connectivity index is 1.89. The Kier molecular flexibility index (Phi) is 6.38. The lowest BCUT2D eigenvalue weighted by Crippen LogP contribution is -2.17. The molecule has 0 saturated heterocycles. The van der Waals surface area contributed by atoms with E-state index in [1.807, 2.05) is 0 Å². The van der Waals surface area contributed by atoms with Gasteiger partial charge >= 0.3 is 0 Å². The maximum atomic E-state index is 12.4. The molecule has 0 bridgehead atoms. The van der Waals surface area contributed by atoms with E-state index >= 15 is 0 Å². The van der Waals surface area contributed by atoms with Crippen LogP contribution in [0.15, 0.2) is 33.1 Å². The molecule has 0 aromatic carbocycles. The Morgan fingerprint density at radius 2 is 2.00 bits per heavy atom. The number of unbranched alkanes of at least 4 members (excludes halogenated alkanes) is 4. The van der Waals surface area contributed by atoms with Crippen LogP contribution in [0.2, 0.25) is 0 Å². The maximum absolute atomic E-state index is 12.4. The predicted molar refractivity (Wildman–Crippen MR) is 113 cm³/mol. The van der Waals surface area contributed by atoms with Crippen molar-refractivity contribution < 1.29 is 4.79 Å². The summed E-state index contributed by atoms with van der Waals surface area (Å²) < 4.78 is 2.25. The second-order valence-electron chi connectivity index (χ2n) is 6.40. The molecule has 3 rings (SSSR count). The SMILES string of the molecule is CCCCCCCc1nn2c(N)c(/C=C3\C=C(Br)C=CC3=O)c(=O)nc2s1. The molecule has 1 aliphatic carbocycles. The summed E-state index contributed by atoms with van der Waals surface area (Å²) in [7, 11) is 0. The number of anilines is 1. The number of halogens is 1. The summed E-state index contributed by atoms with van der Waals surface area (Å²) in [6, 6.07) is 0. The first-order valence-corrected chi connectivity index (χ1v) is 10.6. The Morgan fingerprint density at radius 1 is 1.22 bits per heavy atom. The molecule has 0 aliphatic heterocycles. The molecule has 8 heteroatoms. The molecule has 0 unspecified atom stereocenters. The molecule has 0 fully saturated rings. The highest BCUT2D eigenvalue weighted by Crippen LogP contribution is 2.23. The molecule has 142 valence electrons. The summed E-state index contributed by atoms with van der Waals surface area (Å²) in [5.74, 6) is 0.0194. The van der Waals surface area contributed by atoms with Gasteiger partial charge in [-0.1, -0.05) is 59.9 Å². The van der Waals surface area contributed by atoms with Crippen LogP contribution in [0.25, 0.3) is 11.0 Å². The van der Waals surface area contributed by atoms with Gasteiger partial charge in [-0.05, 0) is 30.7 Å². The van der Waals surface area contributed by atoms with E-state index in [2.05, 4.69) is 32.9 Å². The van der Waals surface area contributed by atoms with Gasteiger partial charge in [0.15, 0.2) is 5.78 Å². The van der Waals surface area contributed by atoms with Crippen LogP contribution in [-0.2, 0) is 11.2 Å². The van der Waals surface area contributed by atoms with Gasteiger partial charge in [0.25, 0.3) is 5.56 Å². The average Bonchev–Trinajstić information content (AvgIpc) is 3.04. The fourth-order valence-corrected chi connectivity index (χ4v) is 4.14. The highest BCUT2D eigenvalue weighted by molar-refractivity contribution is 9.11. The molecule has 2 aromatic rings. The zero-order valence-electron chi connectivity index (χ0n) is 15.1. The molecular formula is C19H21BrN4O2S. The summed E-state index contributed by atoms with van der Waals surface area (Å²) >= 11 is 4.72. The molecule has 0 spiro atoms. The normalized spacial score (nSPS) is 15.7. The van der Waals surface area contributed by atoms with Gasteiger partial charge < -0.3 is 5.73 Å². The first-order chi connectivity index (χ1) is 13.0. The maximum Gasteiger partial charge on any atom is 0.283 e. The lowest BCUT2D eigenvalue weighted by Gasteiger charge is -2.05. The second-order valence-corrected chi connectivity index (χ2v) is 8.35. The van der Waals surface area contributed by atoms with Crippen molar-refractivity contribution in [2.24, 2.45) is 0 Å². The lowest BCUT2D eigenvalue weighted by atomic mass is 10.0. The minimum absolute atomic E-state index is 0.183. The third-order valence-electron chi connectivity index (χ3n) is 4.30. The molecule has 27 heavy (non-hydrogen) atoms. The van der Waals surface area contributed by atoms with E-state index in [-0.39, 0.29) is 17.2 Å². The number of nitrogens with zero attached hydrogens (tertiary/aromatic N) is 3. The number of hydrogen-bond donors (Lipinski definition) is 1. The molecule has 0 radical (unpaired) electrons. The Hall–Kier alpha value is -2.06. The monoisotopic (exact) mass is 448 g/mol. The van der Waals surface area contributed by atoms with Gasteiger partial charge in [0.2, 0.25) is 4.96 Å². The first kappa shape index (κ1) is 19.7. The number of allylic oxidation sites excluding steroid dienone is 5. The zero-order valence-corrected chi connectivity index (χ0v) is 17.5. The Bertz CT molecular complexity index is 1020. The van der Waals surface area contributed by atoms with Gasteiger partial charge in [0.05, 0.1) is 5.56 Å². The van der Waals surface area contributed by atoms with Crippen molar-refractivity contribution in [2.75, 3.05) is 5.73 Å². The predicted octanol–water partition coefficient (Wildman–Crippen LogP) is 4.05. The van der Waals surface area contributed by atoms with E-state index < -0.39 is 5.56 Å². The van der Waals surface area contributed by atoms with E-state index in [1.54, 1.807) is 12.2 Å². The summed E-state index contributed by atoms with van der Waals surface area (Å²) in [6.07, 6.45) is 13.0. The number of ketones is 1. The van der Waals surface area contributed by atoms with Crippen LogP contribution in [0.5, 0.6) is 0 Å². The van der Waals surface area contributed by atoms with E-state index in [4.69, 9.17) is 5.73 Å². The Labute approximate surface area is 169 Å². The average molecular weight is 449 g/mol. The van der Waals surface area contributed by atoms with Crippen molar-refractivity contribution in [3.63, 3.8) is 0 Å². The molecule has 2 aromatic heterocycles. The third kappa shape index (κ3) is 4.62. The van der Waals surface area contributed by atoms with E-state index in [0.717, 1.165) is 22.3 Å². The van der Waals surface area contributed by atoms with Gasteiger partial charge in [-0.15, -0.1) is 0 Å². The number of fused-ring (bicyclic) bond motifs is 1. The number of carbonyl (C=O) groups is 1. The summed E-state index contributed by atoms with van der Waals surface area (Å²) in [6.45, 7) is 2.19. The largest absolute Gasteiger partial charge is 0.383 e. The molecule has 1 aliphatic rings. The lowest BCUT2D eigenvalue weighted by molar-refractivity contribution is -0.111. The fourth-order valence-electron chi connectivity index (χ4n) is 2.83. The number of nitrogens with two attached hydrogens (primary N) is 1. The van der Waals surface area contributed by atoms with Crippen LogP contribution in [0.3, 0.4) is 0 Å². The third-order valence-corrected chi connectivity index (χ3v) is 5.76. The van der Waals surface area contributed by atoms with Gasteiger partial charge in [-0.2, -0.15) is 14.6 Å². The summed E-state index contributed by atoms with van der Waals surface area (Å²) in [5.41, 5.74) is 6.29. The minimum Gasteiger partial charge on any atom is -0.383 e. The number of hydrogen-bond acceptors (Lipinski definition) is 6. The highest BCUT2D eigenvalue weighted by atomic mass is 79.9. The quantitative estimate of drug-likeness (QED) is 0.509. The van der Waals surface area contributed by atoms with Crippen molar-refractivity contribution >= 4 is 49.9 Å². The summed E-state index contributed by atoms with van der Waals surface area (Å²) in [5, 5.41) is 5.43. The second kappa shape index (κ2) is 8.75. The van der Waals surface area contributed by atoms with Crippen LogP contribution in [0, 0.1) is 0 Å². The van der Waals surface area contributed by atoms with Crippen LogP contribution in [-0.4, -0.2) is 20.4 Å². The van der Waals surface area contributed by atoms with Gasteiger partial charge in [-0.25, -0.2) is 0 Å². The van der Waals surface area contributed by atoms with E-state index in [0.29, 0.717) is 10.5 Å². The van der Waals surface area contributed by atoms with Crippen molar-refractivity contribution in [1.82, 2.24) is 14.6 Å². The van der Waals surface area contributed by atoms with Crippen LogP contribution in [0.4, 0.5) is 5.82 Å². The zero-order chi connectivity index (χ0) is 19.4. The fraction of sp³-hybridized carbons (Fsp3) is 0.368. The van der Waals surface area contributed by atoms with Crippen LogP contribution in [0.1, 0.15) is 49.6 Å². The van der Waals surface area contributed by atoms with Crippen molar-refractivity contribution in [3.8, 4) is 0 Å². The molecule has 0 amide bonds. The smallest absolute Gasteiger partial charge is 0.283 e. The van der Waals surface area contributed by atoms with Gasteiger partial charge in [-0.3, -0.25) is 9.59 Å². The molecule has 2 heterocycles. The van der Waals surface area contributed by atoms with E-state index in [1.165, 1.54) is 53.7 Å². The topological polar surface area (TPSA) is 90.4 Å². The van der Waals surface area contributed by atoms with Crippen LogP contribution < -0.4 is 11.3 Å². The molecular weight excluding hydrogens is 428 g/mol. The molecule has 0 saturated carbocycles. The summed E-state index contributed by atoms with van der Waals surface area (Å²) in [4.78, 5) is 29.0. The van der Waals surface area contributed by atoms with Crippen molar-refractivity contribution in [3.05, 3.63) is 49.2 Å². The molecule has 0 atom stereocenters. The molecule has 2 N–H and O–H groups in total. The Morgan fingerprint density at radius 3 is 2.78 bits per heavy atom.